The molecule has 8 nitrogen and oxygen atoms in total. The predicted molar refractivity (Wildman–Crippen MR) is 77.4 cm³/mol. The van der Waals surface area contributed by atoms with Gasteiger partial charge in [0.1, 0.15) is 5.52 Å². The highest BCUT2D eigenvalue weighted by atomic mass is 32.1. The van der Waals surface area contributed by atoms with Gasteiger partial charge in [-0.1, -0.05) is 6.92 Å². The molecule has 0 aromatic carbocycles. The van der Waals surface area contributed by atoms with Crippen molar-refractivity contribution in [3.8, 4) is 0 Å². The van der Waals surface area contributed by atoms with Gasteiger partial charge in [0.2, 0.25) is 5.95 Å². The van der Waals surface area contributed by atoms with Crippen molar-refractivity contribution in [2.45, 2.75) is 25.6 Å². The average molecular weight is 328 g/mol. The Kier molecular flexibility index (Phi) is 3.99. The van der Waals surface area contributed by atoms with Crippen LogP contribution in [-0.4, -0.2) is 27.1 Å². The van der Waals surface area contributed by atoms with E-state index in [-0.39, 0.29) is 50.4 Å². The number of hydrogen-bond acceptors (Lipinski definition) is 8. The smallest absolute Gasteiger partial charge is 0.327 e. The molecule has 3 N–H and O–H groups in total. The number of aromatic amines is 1. The lowest BCUT2D eigenvalue weighted by Gasteiger charge is -2.12. The van der Waals surface area contributed by atoms with Crippen LogP contribution in [0.15, 0.2) is 4.79 Å². The van der Waals surface area contributed by atoms with Gasteiger partial charge < -0.3 is 10.5 Å². The molecule has 2 aromatic heterocycles. The van der Waals surface area contributed by atoms with Crippen LogP contribution in [0.1, 0.15) is 24.3 Å². The number of hydrogen-bond donors (Lipinski definition) is 2. The average Bonchev–Trinajstić information content (AvgIpc) is 3.00. The molecule has 3 heterocycles. The highest BCUT2D eigenvalue weighted by Gasteiger charge is 2.35. The summed E-state index contributed by atoms with van der Waals surface area (Å²) in [6.07, 6.45) is 0.406. The second-order valence-electron chi connectivity index (χ2n) is 4.94. The summed E-state index contributed by atoms with van der Waals surface area (Å²) in [5.41, 5.74) is 6.00. The second-order valence-corrected chi connectivity index (χ2v) is 6.15. The lowest BCUT2D eigenvalue weighted by Crippen LogP contribution is -2.18. The van der Waals surface area contributed by atoms with E-state index in [0.717, 1.165) is 11.3 Å². The fourth-order valence-electron chi connectivity index (χ4n) is 2.46. The van der Waals surface area contributed by atoms with Crippen molar-refractivity contribution >= 4 is 37.2 Å². The Hall–Kier alpha value is -1.41. The number of aromatic nitrogens is 3. The van der Waals surface area contributed by atoms with Crippen molar-refractivity contribution in [3.05, 3.63) is 15.2 Å². The van der Waals surface area contributed by atoms with E-state index in [2.05, 4.69) is 14.3 Å². The van der Waals surface area contributed by atoms with Crippen LogP contribution in [0.2, 0.25) is 0 Å². The molecule has 0 saturated carbocycles. The molecule has 0 unspecified atom stereocenters. The van der Waals surface area contributed by atoms with Gasteiger partial charge in [-0.15, -0.1) is 0 Å². The number of nitrogens with one attached hydrogen (secondary N) is 1. The third-order valence-electron chi connectivity index (χ3n) is 3.53. The molecule has 2 aromatic rings. The number of H-pyrrole nitrogens is 1. The van der Waals surface area contributed by atoms with Crippen LogP contribution in [0, 0.1) is 5.92 Å². The maximum atomic E-state index is 11.8. The van der Waals surface area contributed by atoms with E-state index in [1.54, 1.807) is 0 Å². The van der Waals surface area contributed by atoms with Gasteiger partial charge in [0.15, 0.2) is 5.52 Å². The van der Waals surface area contributed by atoms with Crippen LogP contribution in [0.25, 0.3) is 11.0 Å². The summed E-state index contributed by atoms with van der Waals surface area (Å²) in [7, 11) is -0.356. The van der Waals surface area contributed by atoms with E-state index >= 15 is 0 Å². The van der Waals surface area contributed by atoms with Gasteiger partial charge in [0, 0.05) is 0 Å². The number of rotatable bonds is 4. The molecule has 112 valence electrons. The molecule has 10 heteroatoms. The largest absolute Gasteiger partial charge is 0.369 e. The SMILES string of the molecule is C[C@H]1C[C@H](c2snc3c(=O)[nH]c(N)nc23)O[C@@H]1COP=O. The Morgan fingerprint density at radius 3 is 3.14 bits per heavy atom. The van der Waals surface area contributed by atoms with Crippen molar-refractivity contribution in [3.63, 3.8) is 0 Å². The van der Waals surface area contributed by atoms with Crippen molar-refractivity contribution < 1.29 is 13.8 Å². The van der Waals surface area contributed by atoms with E-state index in [4.69, 9.17) is 15.0 Å². The third kappa shape index (κ3) is 2.69. The van der Waals surface area contributed by atoms with Crippen molar-refractivity contribution in [2.75, 3.05) is 12.3 Å². The molecule has 3 atom stereocenters. The molecule has 3 rings (SSSR count). The lowest BCUT2D eigenvalue weighted by atomic mass is 10.0. The lowest BCUT2D eigenvalue weighted by molar-refractivity contribution is 0.0118. The van der Waals surface area contributed by atoms with Gasteiger partial charge in [0.05, 0.1) is 23.7 Å². The normalized spacial score (nSPS) is 25.9. The van der Waals surface area contributed by atoms with Crippen LogP contribution >= 0.6 is 20.2 Å². The summed E-state index contributed by atoms with van der Waals surface area (Å²) in [5, 5.41) is 0. The molecule has 0 radical (unpaired) electrons. The summed E-state index contributed by atoms with van der Waals surface area (Å²) in [6, 6.07) is 0. The van der Waals surface area contributed by atoms with Crippen LogP contribution in [-0.2, 0) is 13.8 Å². The number of anilines is 1. The summed E-state index contributed by atoms with van der Waals surface area (Å²) < 4.78 is 25.3. The standard InChI is InChI=1S/C11H13N4O4PS/c1-4-2-5(19-6(4)3-18-20-17)9-7-8(15-21-9)10(16)14-11(12)13-7/h4-6H,2-3H2,1H3,(H3,12,13,14,16)/t4-,5+,6+/m0/s1. The van der Waals surface area contributed by atoms with E-state index in [0.29, 0.717) is 5.52 Å². The van der Waals surface area contributed by atoms with E-state index < -0.39 is 0 Å². The number of nitrogen functional groups attached to an aromatic ring is 1. The van der Waals surface area contributed by atoms with Gasteiger partial charge in [-0.3, -0.25) is 14.3 Å². The summed E-state index contributed by atoms with van der Waals surface area (Å²) in [4.78, 5) is 19.1. The van der Waals surface area contributed by atoms with Gasteiger partial charge in [0.25, 0.3) is 5.56 Å². The molecule has 0 spiro atoms. The monoisotopic (exact) mass is 328 g/mol. The highest BCUT2D eigenvalue weighted by Crippen LogP contribution is 2.40. The number of nitrogens with two attached hydrogens (primary N) is 1. The Balaban J connectivity index is 1.91. The first-order valence-corrected chi connectivity index (χ1v) is 7.85. The van der Waals surface area contributed by atoms with Crippen molar-refractivity contribution in [1.82, 2.24) is 14.3 Å². The first kappa shape index (κ1) is 14.5. The molecule has 1 aliphatic rings. The second kappa shape index (κ2) is 5.76. The molecule has 0 bridgehead atoms. The fourth-order valence-corrected chi connectivity index (χ4v) is 3.52. The van der Waals surface area contributed by atoms with Gasteiger partial charge in [-0.2, -0.15) is 4.37 Å². The zero-order valence-corrected chi connectivity index (χ0v) is 12.8. The van der Waals surface area contributed by atoms with Crippen LogP contribution in [0.5, 0.6) is 0 Å². The molecule has 1 saturated heterocycles. The van der Waals surface area contributed by atoms with Gasteiger partial charge in [-0.05, 0) is 23.9 Å². The minimum Gasteiger partial charge on any atom is -0.369 e. The van der Waals surface area contributed by atoms with E-state index in [1.807, 2.05) is 6.92 Å². The van der Waals surface area contributed by atoms with E-state index in [1.165, 1.54) is 11.5 Å². The molecule has 1 aliphatic heterocycles. The molecule has 0 amide bonds. The molecule has 0 aliphatic carbocycles. The number of ether oxygens (including phenoxy) is 1. The predicted octanol–water partition coefficient (Wildman–Crippen LogP) is 1.65. The number of nitrogens with zero attached hydrogens (tertiary/aromatic N) is 2. The minimum absolute atomic E-state index is 0.0602. The molecular formula is C11H13N4O4PS. The summed E-state index contributed by atoms with van der Waals surface area (Å²) in [6.45, 7) is 2.29. The van der Waals surface area contributed by atoms with Crippen LogP contribution in [0.3, 0.4) is 0 Å². The Morgan fingerprint density at radius 1 is 1.57 bits per heavy atom. The first-order chi connectivity index (χ1) is 10.1. The summed E-state index contributed by atoms with van der Waals surface area (Å²) in [5.74, 6) is 0.304. The topological polar surface area (TPSA) is 120 Å². The number of fused-ring (bicyclic) bond motifs is 1. The molecule has 21 heavy (non-hydrogen) atoms. The quantitative estimate of drug-likeness (QED) is 0.819. The van der Waals surface area contributed by atoms with E-state index in [9.17, 15) is 9.36 Å². The fraction of sp³-hybridized carbons (Fsp3) is 0.545. The van der Waals surface area contributed by atoms with Crippen molar-refractivity contribution in [1.29, 1.82) is 0 Å². The Bertz CT molecular complexity index is 733. The molecule has 1 fully saturated rings. The zero-order valence-electron chi connectivity index (χ0n) is 11.1. The maximum Gasteiger partial charge on any atom is 0.327 e. The third-order valence-corrected chi connectivity index (χ3v) is 4.71. The highest BCUT2D eigenvalue weighted by molar-refractivity contribution is 7.17. The summed E-state index contributed by atoms with van der Waals surface area (Å²) >= 11 is 1.19. The minimum atomic E-state index is -0.356. The van der Waals surface area contributed by atoms with Crippen LogP contribution in [0.4, 0.5) is 5.95 Å². The molecular weight excluding hydrogens is 315 g/mol. The zero-order chi connectivity index (χ0) is 15.0. The van der Waals surface area contributed by atoms with Crippen molar-refractivity contribution in [2.24, 2.45) is 5.92 Å². The Labute approximate surface area is 125 Å². The Morgan fingerprint density at radius 2 is 2.38 bits per heavy atom. The first-order valence-electron chi connectivity index (χ1n) is 6.35. The van der Waals surface area contributed by atoms with Gasteiger partial charge >= 0.3 is 8.69 Å². The maximum absolute atomic E-state index is 11.8. The van der Waals surface area contributed by atoms with Crippen LogP contribution < -0.4 is 11.3 Å². The van der Waals surface area contributed by atoms with Gasteiger partial charge in [-0.25, -0.2) is 9.55 Å².